The second kappa shape index (κ2) is 9.04. The zero-order valence-electron chi connectivity index (χ0n) is 14.7. The summed E-state index contributed by atoms with van der Waals surface area (Å²) in [5.74, 6) is 0.0434. The van der Waals surface area contributed by atoms with Crippen LogP contribution in [0, 0.1) is 12.8 Å². The van der Waals surface area contributed by atoms with E-state index in [-0.39, 0.29) is 36.2 Å². The Balaban J connectivity index is 0.00000288. The van der Waals surface area contributed by atoms with Crippen molar-refractivity contribution < 1.29 is 9.59 Å². The maximum atomic E-state index is 12.4. The molecule has 1 aromatic rings. The first-order chi connectivity index (χ1) is 10.9. The number of halogens is 1. The summed E-state index contributed by atoms with van der Waals surface area (Å²) in [6.07, 6.45) is 0.427. The molecule has 1 saturated heterocycles. The minimum Gasteiger partial charge on any atom is -0.339 e. The van der Waals surface area contributed by atoms with E-state index in [1.165, 1.54) is 0 Å². The van der Waals surface area contributed by atoms with Crippen molar-refractivity contribution in [2.24, 2.45) is 11.7 Å². The Morgan fingerprint density at radius 1 is 1.08 bits per heavy atom. The first-order valence-electron chi connectivity index (χ1n) is 8.26. The minimum atomic E-state index is -0.177. The Hall–Kier alpha value is -1.59. The highest BCUT2D eigenvalue weighted by Crippen LogP contribution is 2.13. The van der Waals surface area contributed by atoms with Gasteiger partial charge in [0.05, 0.1) is 12.3 Å². The van der Waals surface area contributed by atoms with Crippen molar-refractivity contribution in [2.45, 2.75) is 33.2 Å². The summed E-state index contributed by atoms with van der Waals surface area (Å²) in [5, 5.41) is 0. The number of nitrogens with two attached hydrogens (primary N) is 1. The lowest BCUT2D eigenvalue weighted by Crippen LogP contribution is -2.53. The average molecular weight is 354 g/mol. The van der Waals surface area contributed by atoms with E-state index in [2.05, 4.69) is 0 Å². The third kappa shape index (κ3) is 4.95. The summed E-state index contributed by atoms with van der Waals surface area (Å²) in [5.41, 5.74) is 8.02. The largest absolute Gasteiger partial charge is 0.339 e. The number of nitrogens with zero attached hydrogens (tertiary/aromatic N) is 2. The van der Waals surface area contributed by atoms with Crippen LogP contribution in [0.4, 0.5) is 0 Å². The number of hydrogen-bond donors (Lipinski definition) is 1. The quantitative estimate of drug-likeness (QED) is 0.894. The molecule has 1 aromatic carbocycles. The molecule has 2 rings (SSSR count). The van der Waals surface area contributed by atoms with E-state index < -0.39 is 0 Å². The summed E-state index contributed by atoms with van der Waals surface area (Å²) < 4.78 is 0. The first kappa shape index (κ1) is 20.5. The van der Waals surface area contributed by atoms with Gasteiger partial charge in [0.15, 0.2) is 0 Å². The molecule has 2 atom stereocenters. The number of rotatable bonds is 4. The highest BCUT2D eigenvalue weighted by atomic mass is 35.5. The van der Waals surface area contributed by atoms with Crippen LogP contribution < -0.4 is 5.73 Å². The van der Waals surface area contributed by atoms with E-state index >= 15 is 0 Å². The molecule has 0 radical (unpaired) electrons. The van der Waals surface area contributed by atoms with Gasteiger partial charge in [-0.3, -0.25) is 9.59 Å². The predicted molar refractivity (Wildman–Crippen MR) is 98.1 cm³/mol. The molecule has 0 saturated carbocycles. The molecule has 1 heterocycles. The van der Waals surface area contributed by atoms with Gasteiger partial charge in [-0.15, -0.1) is 12.4 Å². The van der Waals surface area contributed by atoms with E-state index in [9.17, 15) is 9.59 Å². The van der Waals surface area contributed by atoms with Crippen molar-refractivity contribution in [1.82, 2.24) is 9.80 Å². The Morgan fingerprint density at radius 2 is 1.62 bits per heavy atom. The standard InChI is InChI=1S/C18H27N3O2.ClH/c1-13-6-4-5-7-16(13)12-17(22)20-8-10-21(11-9-20)18(23)14(2)15(3)19;/h4-7,14-15H,8-12,19H2,1-3H3;1H. The van der Waals surface area contributed by atoms with Gasteiger partial charge in [0.1, 0.15) is 0 Å². The lowest BCUT2D eigenvalue weighted by Gasteiger charge is -2.36. The molecule has 134 valence electrons. The van der Waals surface area contributed by atoms with Crippen LogP contribution in [0.5, 0.6) is 0 Å². The fraction of sp³-hybridized carbons (Fsp3) is 0.556. The molecule has 5 nitrogen and oxygen atoms in total. The number of carbonyl (C=O) groups is 2. The lowest BCUT2D eigenvalue weighted by atomic mass is 10.0. The number of carbonyl (C=O) groups excluding carboxylic acids is 2. The summed E-state index contributed by atoms with van der Waals surface area (Å²) in [7, 11) is 0. The first-order valence-corrected chi connectivity index (χ1v) is 8.26. The van der Waals surface area contributed by atoms with Crippen molar-refractivity contribution >= 4 is 24.2 Å². The molecule has 0 bridgehead atoms. The van der Waals surface area contributed by atoms with Gasteiger partial charge in [0.25, 0.3) is 0 Å². The van der Waals surface area contributed by atoms with Crippen LogP contribution in [0.3, 0.4) is 0 Å². The van der Waals surface area contributed by atoms with Gasteiger partial charge in [-0.25, -0.2) is 0 Å². The fourth-order valence-electron chi connectivity index (χ4n) is 2.77. The summed E-state index contributed by atoms with van der Waals surface area (Å²) in [6, 6.07) is 7.81. The number of aryl methyl sites for hydroxylation is 1. The van der Waals surface area contributed by atoms with Gasteiger partial charge < -0.3 is 15.5 Å². The van der Waals surface area contributed by atoms with Gasteiger partial charge in [0.2, 0.25) is 11.8 Å². The van der Waals surface area contributed by atoms with Crippen molar-refractivity contribution in [3.63, 3.8) is 0 Å². The molecule has 2 N–H and O–H groups in total. The van der Waals surface area contributed by atoms with Crippen LogP contribution in [0.15, 0.2) is 24.3 Å². The normalized spacial score (nSPS) is 17.0. The number of benzene rings is 1. The van der Waals surface area contributed by atoms with Gasteiger partial charge in [-0.1, -0.05) is 31.2 Å². The van der Waals surface area contributed by atoms with Gasteiger partial charge in [-0.05, 0) is 25.0 Å². The Kier molecular flexibility index (Phi) is 7.70. The third-order valence-electron chi connectivity index (χ3n) is 4.73. The van der Waals surface area contributed by atoms with E-state index in [4.69, 9.17) is 5.73 Å². The van der Waals surface area contributed by atoms with E-state index in [1.807, 2.05) is 54.8 Å². The molecule has 0 spiro atoms. The van der Waals surface area contributed by atoms with Gasteiger partial charge in [0, 0.05) is 32.2 Å². The third-order valence-corrected chi connectivity index (χ3v) is 4.73. The minimum absolute atomic E-state index is 0. The summed E-state index contributed by atoms with van der Waals surface area (Å²) in [6.45, 7) is 8.12. The maximum absolute atomic E-state index is 12.4. The topological polar surface area (TPSA) is 66.6 Å². The molecule has 0 aromatic heterocycles. The molecule has 1 aliphatic heterocycles. The molecular formula is C18H28ClN3O2. The Bertz CT molecular complexity index is 569. The maximum Gasteiger partial charge on any atom is 0.227 e. The second-order valence-electron chi connectivity index (χ2n) is 6.46. The van der Waals surface area contributed by atoms with E-state index in [1.54, 1.807) is 0 Å². The molecule has 6 heteroatoms. The molecule has 24 heavy (non-hydrogen) atoms. The highest BCUT2D eigenvalue weighted by molar-refractivity contribution is 5.85. The molecule has 1 aliphatic rings. The van der Waals surface area contributed by atoms with Crippen LogP contribution in [-0.2, 0) is 16.0 Å². The number of amides is 2. The van der Waals surface area contributed by atoms with E-state index in [0.717, 1.165) is 11.1 Å². The molecule has 1 fully saturated rings. The Morgan fingerprint density at radius 3 is 2.17 bits per heavy atom. The smallest absolute Gasteiger partial charge is 0.227 e. The zero-order chi connectivity index (χ0) is 17.0. The van der Waals surface area contributed by atoms with Crippen molar-refractivity contribution in [2.75, 3.05) is 26.2 Å². The van der Waals surface area contributed by atoms with Crippen molar-refractivity contribution in [3.8, 4) is 0 Å². The molecule has 0 aliphatic carbocycles. The fourth-order valence-corrected chi connectivity index (χ4v) is 2.77. The van der Waals surface area contributed by atoms with Crippen molar-refractivity contribution in [3.05, 3.63) is 35.4 Å². The molecule has 2 unspecified atom stereocenters. The van der Waals surface area contributed by atoms with Gasteiger partial charge in [-0.2, -0.15) is 0 Å². The lowest BCUT2D eigenvalue weighted by molar-refractivity contribution is -0.141. The van der Waals surface area contributed by atoms with Crippen LogP contribution in [-0.4, -0.2) is 53.8 Å². The molecular weight excluding hydrogens is 326 g/mol. The molecule has 2 amide bonds. The van der Waals surface area contributed by atoms with Crippen molar-refractivity contribution in [1.29, 1.82) is 0 Å². The SMILES string of the molecule is Cc1ccccc1CC(=O)N1CCN(C(=O)C(C)C(C)N)CC1.Cl. The van der Waals surface area contributed by atoms with Crippen LogP contribution in [0.2, 0.25) is 0 Å². The number of hydrogen-bond acceptors (Lipinski definition) is 3. The van der Waals surface area contributed by atoms with Crippen LogP contribution in [0.1, 0.15) is 25.0 Å². The predicted octanol–water partition coefficient (Wildman–Crippen LogP) is 1.61. The zero-order valence-corrected chi connectivity index (χ0v) is 15.5. The van der Waals surface area contributed by atoms with Gasteiger partial charge >= 0.3 is 0 Å². The monoisotopic (exact) mass is 353 g/mol. The summed E-state index contributed by atoms with van der Waals surface area (Å²) >= 11 is 0. The summed E-state index contributed by atoms with van der Waals surface area (Å²) in [4.78, 5) is 28.4. The van der Waals surface area contributed by atoms with Crippen LogP contribution >= 0.6 is 12.4 Å². The Labute approximate surface area is 150 Å². The van der Waals surface area contributed by atoms with Crippen LogP contribution in [0.25, 0.3) is 0 Å². The number of piperazine rings is 1. The second-order valence-corrected chi connectivity index (χ2v) is 6.46. The van der Waals surface area contributed by atoms with E-state index in [0.29, 0.717) is 32.6 Å². The highest BCUT2D eigenvalue weighted by Gasteiger charge is 2.28. The average Bonchev–Trinajstić information content (AvgIpc) is 2.55.